The van der Waals surface area contributed by atoms with E-state index in [9.17, 15) is 8.42 Å². The molecule has 1 aromatic rings. The Bertz CT molecular complexity index is 583. The van der Waals surface area contributed by atoms with Gasteiger partial charge in [-0.25, -0.2) is 8.42 Å². The monoisotopic (exact) mass is 314 g/mol. The Morgan fingerprint density at radius 3 is 2.52 bits per heavy atom. The number of piperidine rings is 1. The molecule has 0 aromatic heterocycles. The lowest BCUT2D eigenvalue weighted by molar-refractivity contribution is 0.299. The molecule has 118 valence electrons. The quantitative estimate of drug-likeness (QED) is 0.881. The van der Waals surface area contributed by atoms with Gasteiger partial charge < -0.3 is 14.8 Å². The first-order chi connectivity index (χ1) is 10.0. The lowest BCUT2D eigenvalue weighted by atomic mass is 10.1. The number of nitrogens with zero attached hydrogens (tertiary/aromatic N) is 1. The van der Waals surface area contributed by atoms with E-state index in [0.29, 0.717) is 18.0 Å². The molecule has 1 atom stereocenters. The lowest BCUT2D eigenvalue weighted by Gasteiger charge is -2.31. The van der Waals surface area contributed by atoms with Crippen molar-refractivity contribution < 1.29 is 17.9 Å². The fourth-order valence-corrected chi connectivity index (χ4v) is 3.88. The molecular weight excluding hydrogens is 292 g/mol. The van der Waals surface area contributed by atoms with E-state index in [-0.39, 0.29) is 10.9 Å². The van der Waals surface area contributed by atoms with Crippen molar-refractivity contribution in [3.63, 3.8) is 0 Å². The van der Waals surface area contributed by atoms with E-state index in [1.165, 1.54) is 24.6 Å². The molecule has 6 nitrogen and oxygen atoms in total. The van der Waals surface area contributed by atoms with Crippen molar-refractivity contribution in [3.8, 4) is 11.5 Å². The van der Waals surface area contributed by atoms with Gasteiger partial charge in [0, 0.05) is 25.7 Å². The highest BCUT2D eigenvalue weighted by Crippen LogP contribution is 2.31. The molecular formula is C14H22N2O4S. The topological polar surface area (TPSA) is 67.9 Å². The second-order valence-electron chi connectivity index (χ2n) is 5.04. The lowest BCUT2D eigenvalue weighted by Crippen LogP contribution is -2.46. The summed E-state index contributed by atoms with van der Waals surface area (Å²) in [4.78, 5) is 0.216. The summed E-state index contributed by atoms with van der Waals surface area (Å²) in [6.07, 6.45) is 1.85. The zero-order valence-electron chi connectivity index (χ0n) is 12.6. The average molecular weight is 314 g/mol. The van der Waals surface area contributed by atoms with Crippen LogP contribution in [0.2, 0.25) is 0 Å². The Morgan fingerprint density at radius 2 is 1.95 bits per heavy atom. The molecule has 1 unspecified atom stereocenters. The van der Waals surface area contributed by atoms with Crippen LogP contribution in [0.3, 0.4) is 0 Å². The minimum atomic E-state index is -3.54. The number of hydrogen-bond acceptors (Lipinski definition) is 5. The van der Waals surface area contributed by atoms with Crippen LogP contribution in [-0.2, 0) is 10.0 Å². The molecule has 1 N–H and O–H groups in total. The molecule has 0 saturated carbocycles. The highest BCUT2D eigenvalue weighted by molar-refractivity contribution is 7.89. The first kappa shape index (κ1) is 16.1. The smallest absolute Gasteiger partial charge is 0.243 e. The number of likely N-dealkylation sites (N-methyl/N-ethyl adjacent to an activating group) is 1. The molecule has 0 spiro atoms. The van der Waals surface area contributed by atoms with Gasteiger partial charge in [0.1, 0.15) is 0 Å². The fraction of sp³-hybridized carbons (Fsp3) is 0.571. The maximum absolute atomic E-state index is 12.7. The Morgan fingerprint density at radius 1 is 1.24 bits per heavy atom. The predicted octanol–water partition coefficient (Wildman–Crippen LogP) is 1.08. The molecule has 2 rings (SSSR count). The molecule has 0 bridgehead atoms. The standard InChI is InChI=1S/C14H22N2O4S/c1-16(11-5-4-8-15-10-11)21(17,18)12-6-7-13(19-2)14(9-12)20-3/h6-7,9,11,15H,4-5,8,10H2,1-3H3. The summed E-state index contributed by atoms with van der Waals surface area (Å²) >= 11 is 0. The number of nitrogens with one attached hydrogen (secondary N) is 1. The zero-order chi connectivity index (χ0) is 15.5. The highest BCUT2D eigenvalue weighted by Gasteiger charge is 2.29. The van der Waals surface area contributed by atoms with Crippen LogP contribution in [0.15, 0.2) is 23.1 Å². The largest absolute Gasteiger partial charge is 0.493 e. The van der Waals surface area contributed by atoms with Gasteiger partial charge in [-0.15, -0.1) is 0 Å². The molecule has 1 aromatic carbocycles. The van der Waals surface area contributed by atoms with Gasteiger partial charge >= 0.3 is 0 Å². The first-order valence-electron chi connectivity index (χ1n) is 6.91. The Labute approximate surface area is 126 Å². The van der Waals surface area contributed by atoms with Gasteiger partial charge in [0.25, 0.3) is 0 Å². The molecule has 0 radical (unpaired) electrons. The van der Waals surface area contributed by atoms with Crippen LogP contribution in [0, 0.1) is 0 Å². The second-order valence-corrected chi connectivity index (χ2v) is 7.04. The molecule has 21 heavy (non-hydrogen) atoms. The second kappa shape index (κ2) is 6.64. The van der Waals surface area contributed by atoms with Crippen molar-refractivity contribution in [2.24, 2.45) is 0 Å². The molecule has 1 heterocycles. The Kier molecular flexibility index (Phi) is 5.08. The van der Waals surface area contributed by atoms with Crippen molar-refractivity contribution in [1.82, 2.24) is 9.62 Å². The highest BCUT2D eigenvalue weighted by atomic mass is 32.2. The number of ether oxygens (including phenoxy) is 2. The molecule has 7 heteroatoms. The molecule has 1 aliphatic heterocycles. The average Bonchev–Trinajstić information content (AvgIpc) is 2.54. The van der Waals surface area contributed by atoms with Gasteiger partial charge in [-0.3, -0.25) is 0 Å². The molecule has 1 aliphatic rings. The van der Waals surface area contributed by atoms with E-state index >= 15 is 0 Å². The number of hydrogen-bond donors (Lipinski definition) is 1. The molecule has 1 saturated heterocycles. The molecule has 1 fully saturated rings. The van der Waals surface area contributed by atoms with Crippen LogP contribution in [0.5, 0.6) is 11.5 Å². The summed E-state index contributed by atoms with van der Waals surface area (Å²) in [5, 5.41) is 3.23. The Balaban J connectivity index is 2.30. The van der Waals surface area contributed by atoms with Gasteiger partial charge in [0.05, 0.1) is 19.1 Å². The van der Waals surface area contributed by atoms with Crippen LogP contribution >= 0.6 is 0 Å². The summed E-state index contributed by atoms with van der Waals surface area (Å²) in [6, 6.07) is 4.64. The minimum Gasteiger partial charge on any atom is -0.493 e. The first-order valence-corrected chi connectivity index (χ1v) is 8.35. The molecule has 0 aliphatic carbocycles. The maximum atomic E-state index is 12.7. The summed E-state index contributed by atoms with van der Waals surface area (Å²) in [5.74, 6) is 0.923. The van der Waals surface area contributed by atoms with Crippen molar-refractivity contribution in [2.45, 2.75) is 23.8 Å². The van der Waals surface area contributed by atoms with Crippen LogP contribution in [0.1, 0.15) is 12.8 Å². The number of benzene rings is 1. The number of rotatable bonds is 5. The van der Waals surface area contributed by atoms with E-state index in [2.05, 4.69) is 5.32 Å². The van der Waals surface area contributed by atoms with E-state index in [1.807, 2.05) is 0 Å². The maximum Gasteiger partial charge on any atom is 0.243 e. The summed E-state index contributed by atoms with van der Waals surface area (Å²) < 4.78 is 37.2. The van der Waals surface area contributed by atoms with E-state index in [0.717, 1.165) is 19.4 Å². The van der Waals surface area contributed by atoms with Gasteiger partial charge in [-0.1, -0.05) is 0 Å². The predicted molar refractivity (Wildman–Crippen MR) is 80.4 cm³/mol. The molecule has 0 amide bonds. The van der Waals surface area contributed by atoms with Crippen molar-refractivity contribution in [1.29, 1.82) is 0 Å². The number of sulfonamides is 1. The van der Waals surface area contributed by atoms with Gasteiger partial charge in [-0.05, 0) is 31.5 Å². The van der Waals surface area contributed by atoms with Crippen molar-refractivity contribution >= 4 is 10.0 Å². The SMILES string of the molecule is COc1ccc(S(=O)(=O)N(C)C2CCCNC2)cc1OC. The third-order valence-electron chi connectivity index (χ3n) is 3.82. The summed E-state index contributed by atoms with van der Waals surface area (Å²) in [5.41, 5.74) is 0. The van der Waals surface area contributed by atoms with Crippen LogP contribution in [0.4, 0.5) is 0 Å². The Hall–Kier alpha value is -1.31. The van der Waals surface area contributed by atoms with E-state index in [4.69, 9.17) is 9.47 Å². The number of methoxy groups -OCH3 is 2. The normalized spacial score (nSPS) is 19.5. The van der Waals surface area contributed by atoms with E-state index in [1.54, 1.807) is 19.2 Å². The van der Waals surface area contributed by atoms with Crippen molar-refractivity contribution in [2.75, 3.05) is 34.4 Å². The van der Waals surface area contributed by atoms with Crippen LogP contribution in [0.25, 0.3) is 0 Å². The zero-order valence-corrected chi connectivity index (χ0v) is 13.4. The third-order valence-corrected chi connectivity index (χ3v) is 5.72. The van der Waals surface area contributed by atoms with Gasteiger partial charge in [0.15, 0.2) is 11.5 Å². The van der Waals surface area contributed by atoms with Gasteiger partial charge in [-0.2, -0.15) is 4.31 Å². The fourth-order valence-electron chi connectivity index (χ4n) is 2.48. The van der Waals surface area contributed by atoms with Crippen molar-refractivity contribution in [3.05, 3.63) is 18.2 Å². The third kappa shape index (κ3) is 3.30. The van der Waals surface area contributed by atoms with Gasteiger partial charge in [0.2, 0.25) is 10.0 Å². The summed E-state index contributed by atoms with van der Waals surface area (Å²) in [6.45, 7) is 1.63. The summed E-state index contributed by atoms with van der Waals surface area (Å²) in [7, 11) is 1.10. The van der Waals surface area contributed by atoms with Crippen LogP contribution in [-0.4, -0.2) is 53.1 Å². The minimum absolute atomic E-state index is 0.0168. The van der Waals surface area contributed by atoms with E-state index < -0.39 is 10.0 Å². The van der Waals surface area contributed by atoms with Crippen LogP contribution < -0.4 is 14.8 Å².